The molecular formula is C19H16BrFN2O3S. The van der Waals surface area contributed by atoms with Crippen molar-refractivity contribution < 1.29 is 17.6 Å². The van der Waals surface area contributed by atoms with Crippen molar-refractivity contribution in [1.29, 1.82) is 0 Å². The summed E-state index contributed by atoms with van der Waals surface area (Å²) in [7, 11) is -4.03. The molecule has 0 saturated carbocycles. The third kappa shape index (κ3) is 3.17. The predicted octanol–water partition coefficient (Wildman–Crippen LogP) is 3.98. The molecule has 1 amide bonds. The van der Waals surface area contributed by atoms with Crippen LogP contribution in [-0.2, 0) is 14.6 Å². The van der Waals surface area contributed by atoms with Gasteiger partial charge in [-0.15, -0.1) is 0 Å². The second-order valence-electron chi connectivity index (χ2n) is 6.45. The van der Waals surface area contributed by atoms with E-state index in [1.807, 2.05) is 0 Å². The zero-order chi connectivity index (χ0) is 19.2. The number of carbonyl (C=O) groups excluding carboxylic acids is 1. The molecule has 0 radical (unpaired) electrons. The van der Waals surface area contributed by atoms with Crippen molar-refractivity contribution in [1.82, 2.24) is 4.90 Å². The number of hydrogen-bond acceptors (Lipinski definition) is 4. The van der Waals surface area contributed by atoms with Crippen LogP contribution in [0.4, 0.5) is 15.8 Å². The molecule has 27 heavy (non-hydrogen) atoms. The maximum Gasteiger partial charge on any atom is 0.267 e. The first-order chi connectivity index (χ1) is 12.9. The zero-order valence-electron chi connectivity index (χ0n) is 14.2. The summed E-state index contributed by atoms with van der Waals surface area (Å²) in [6, 6.07) is 10.6. The summed E-state index contributed by atoms with van der Waals surface area (Å²) >= 11 is 3.36. The molecule has 2 heterocycles. The van der Waals surface area contributed by atoms with Crippen molar-refractivity contribution >= 4 is 43.0 Å². The first kappa shape index (κ1) is 18.2. The molecule has 0 bridgehead atoms. The number of fused-ring (bicyclic) bond motifs is 1. The Morgan fingerprint density at radius 3 is 2.37 bits per heavy atom. The highest BCUT2D eigenvalue weighted by Gasteiger charge is 2.38. The highest BCUT2D eigenvalue weighted by atomic mass is 79.9. The van der Waals surface area contributed by atoms with Crippen molar-refractivity contribution in [2.75, 3.05) is 18.0 Å². The normalized spacial score (nSPS) is 18.2. The Hall–Kier alpha value is -2.19. The third-order valence-electron chi connectivity index (χ3n) is 4.71. The molecule has 1 fully saturated rings. The number of amides is 1. The quantitative estimate of drug-likeness (QED) is 0.649. The van der Waals surface area contributed by atoms with Gasteiger partial charge in [-0.3, -0.25) is 4.79 Å². The van der Waals surface area contributed by atoms with E-state index in [1.54, 1.807) is 34.1 Å². The van der Waals surface area contributed by atoms with Gasteiger partial charge in [-0.05, 0) is 55.3 Å². The Bertz CT molecular complexity index is 1050. The number of anilines is 2. The molecule has 4 rings (SSSR count). The minimum absolute atomic E-state index is 0.0723. The number of nitrogens with zero attached hydrogens (tertiary/aromatic N) is 2. The van der Waals surface area contributed by atoms with Gasteiger partial charge in [-0.25, -0.2) is 12.8 Å². The van der Waals surface area contributed by atoms with Crippen LogP contribution in [0, 0.1) is 5.82 Å². The SMILES string of the molecule is O=C(C1=CN(c2ccc(Br)cc2)c2cc(F)ccc2S1(=O)=O)N1CCCC1. The molecule has 2 aromatic rings. The number of sulfone groups is 1. The highest BCUT2D eigenvalue weighted by Crippen LogP contribution is 2.40. The van der Waals surface area contributed by atoms with E-state index in [2.05, 4.69) is 15.9 Å². The molecule has 1 saturated heterocycles. The maximum absolute atomic E-state index is 13.9. The minimum atomic E-state index is -4.03. The van der Waals surface area contributed by atoms with Gasteiger partial charge in [0.1, 0.15) is 5.82 Å². The highest BCUT2D eigenvalue weighted by molar-refractivity contribution is 9.10. The van der Waals surface area contributed by atoms with Crippen LogP contribution in [0.15, 0.2) is 62.9 Å². The Balaban J connectivity index is 1.90. The van der Waals surface area contributed by atoms with Gasteiger partial charge in [0, 0.05) is 29.4 Å². The lowest BCUT2D eigenvalue weighted by molar-refractivity contribution is -0.125. The number of likely N-dealkylation sites (tertiary alicyclic amines) is 1. The van der Waals surface area contributed by atoms with Crippen LogP contribution in [0.5, 0.6) is 0 Å². The van der Waals surface area contributed by atoms with E-state index in [0.717, 1.165) is 23.4 Å². The van der Waals surface area contributed by atoms with E-state index in [0.29, 0.717) is 18.8 Å². The van der Waals surface area contributed by atoms with Crippen LogP contribution >= 0.6 is 15.9 Å². The minimum Gasteiger partial charge on any atom is -0.338 e. The van der Waals surface area contributed by atoms with Crippen LogP contribution in [0.2, 0.25) is 0 Å². The van der Waals surface area contributed by atoms with E-state index >= 15 is 0 Å². The molecule has 2 aliphatic rings. The fourth-order valence-electron chi connectivity index (χ4n) is 3.34. The Labute approximate surface area is 165 Å². The number of rotatable bonds is 2. The topological polar surface area (TPSA) is 57.7 Å². The summed E-state index contributed by atoms with van der Waals surface area (Å²) in [5.74, 6) is -1.06. The van der Waals surface area contributed by atoms with Crippen molar-refractivity contribution in [3.8, 4) is 0 Å². The van der Waals surface area contributed by atoms with Crippen LogP contribution < -0.4 is 4.90 Å². The standard InChI is InChI=1S/C19H16BrFN2O3S/c20-13-3-6-15(7-4-13)23-12-18(19(24)22-9-1-2-10-22)27(25,26)17-8-5-14(21)11-16(17)23/h3-8,11-12H,1-2,9-10H2. The van der Waals surface area contributed by atoms with E-state index < -0.39 is 21.6 Å². The molecule has 0 unspecified atom stereocenters. The van der Waals surface area contributed by atoms with Crippen molar-refractivity contribution in [3.63, 3.8) is 0 Å². The molecule has 0 atom stereocenters. The molecule has 140 valence electrons. The molecule has 0 aliphatic carbocycles. The van der Waals surface area contributed by atoms with Gasteiger partial charge in [0.25, 0.3) is 5.91 Å². The Morgan fingerprint density at radius 2 is 1.70 bits per heavy atom. The molecule has 0 N–H and O–H groups in total. The maximum atomic E-state index is 13.9. The largest absolute Gasteiger partial charge is 0.338 e. The van der Waals surface area contributed by atoms with Gasteiger partial charge >= 0.3 is 0 Å². The van der Waals surface area contributed by atoms with Gasteiger partial charge in [-0.2, -0.15) is 0 Å². The number of carbonyl (C=O) groups is 1. The molecule has 8 heteroatoms. The first-order valence-corrected chi connectivity index (χ1v) is 10.8. The van der Waals surface area contributed by atoms with Gasteiger partial charge in [0.2, 0.25) is 9.84 Å². The summed E-state index contributed by atoms with van der Waals surface area (Å²) in [5, 5.41) is 0. The lowest BCUT2D eigenvalue weighted by Crippen LogP contribution is -2.35. The van der Waals surface area contributed by atoms with Gasteiger partial charge in [0.15, 0.2) is 4.91 Å². The zero-order valence-corrected chi connectivity index (χ0v) is 16.6. The van der Waals surface area contributed by atoms with E-state index in [4.69, 9.17) is 0 Å². The second kappa shape index (κ2) is 6.76. The van der Waals surface area contributed by atoms with Gasteiger partial charge in [-0.1, -0.05) is 15.9 Å². The molecule has 5 nitrogen and oxygen atoms in total. The molecule has 2 aromatic carbocycles. The Kier molecular flexibility index (Phi) is 4.55. The number of hydrogen-bond donors (Lipinski definition) is 0. The molecule has 0 spiro atoms. The van der Waals surface area contributed by atoms with Crippen molar-refractivity contribution in [3.05, 3.63) is 63.9 Å². The fourth-order valence-corrected chi connectivity index (χ4v) is 5.13. The van der Waals surface area contributed by atoms with E-state index in [-0.39, 0.29) is 15.5 Å². The summed E-state index contributed by atoms with van der Waals surface area (Å²) in [6.45, 7) is 1.08. The van der Waals surface area contributed by atoms with Crippen LogP contribution in [-0.4, -0.2) is 32.3 Å². The van der Waals surface area contributed by atoms with E-state index in [9.17, 15) is 17.6 Å². The van der Waals surface area contributed by atoms with Crippen molar-refractivity contribution in [2.24, 2.45) is 0 Å². The number of halogens is 2. The molecule has 0 aromatic heterocycles. The predicted molar refractivity (Wildman–Crippen MR) is 104 cm³/mol. The summed E-state index contributed by atoms with van der Waals surface area (Å²) in [6.07, 6.45) is 3.02. The third-order valence-corrected chi connectivity index (χ3v) is 7.03. The summed E-state index contributed by atoms with van der Waals surface area (Å²) in [5.41, 5.74) is 0.821. The fraction of sp³-hybridized carbons (Fsp3) is 0.211. The van der Waals surface area contributed by atoms with Gasteiger partial charge in [0.05, 0.1) is 10.6 Å². The number of benzene rings is 2. The van der Waals surface area contributed by atoms with Crippen LogP contribution in [0.1, 0.15) is 12.8 Å². The average Bonchev–Trinajstić information content (AvgIpc) is 3.17. The first-order valence-electron chi connectivity index (χ1n) is 8.48. The summed E-state index contributed by atoms with van der Waals surface area (Å²) < 4.78 is 40.9. The smallest absolute Gasteiger partial charge is 0.267 e. The lowest BCUT2D eigenvalue weighted by atomic mass is 10.2. The Morgan fingerprint density at radius 1 is 1.04 bits per heavy atom. The monoisotopic (exact) mass is 450 g/mol. The van der Waals surface area contributed by atoms with E-state index in [1.165, 1.54) is 18.3 Å². The average molecular weight is 451 g/mol. The van der Waals surface area contributed by atoms with Gasteiger partial charge < -0.3 is 9.80 Å². The molecule has 2 aliphatic heterocycles. The lowest BCUT2D eigenvalue weighted by Gasteiger charge is -2.30. The van der Waals surface area contributed by atoms with Crippen LogP contribution in [0.3, 0.4) is 0 Å². The second-order valence-corrected chi connectivity index (χ2v) is 9.26. The molecular weight excluding hydrogens is 435 g/mol. The summed E-state index contributed by atoms with van der Waals surface area (Å²) in [4.78, 5) is 15.6. The van der Waals surface area contributed by atoms with Crippen molar-refractivity contribution in [2.45, 2.75) is 17.7 Å². The van der Waals surface area contributed by atoms with Crippen LogP contribution in [0.25, 0.3) is 0 Å².